The van der Waals surface area contributed by atoms with Crippen LogP contribution in [0, 0.1) is 13.8 Å². The van der Waals surface area contributed by atoms with E-state index in [2.05, 4.69) is 15.3 Å². The van der Waals surface area contributed by atoms with E-state index in [0.29, 0.717) is 12.2 Å². The number of hydrogen-bond donors (Lipinski definition) is 3. The van der Waals surface area contributed by atoms with E-state index in [9.17, 15) is 16.8 Å². The van der Waals surface area contributed by atoms with Crippen molar-refractivity contribution in [1.82, 2.24) is 20.0 Å². The Labute approximate surface area is 168 Å². The van der Waals surface area contributed by atoms with Crippen LogP contribution >= 0.6 is 0 Å². The van der Waals surface area contributed by atoms with Crippen LogP contribution in [0.15, 0.2) is 46.5 Å². The van der Waals surface area contributed by atoms with E-state index < -0.39 is 20.0 Å². The van der Waals surface area contributed by atoms with Gasteiger partial charge in [0.25, 0.3) is 20.0 Å². The number of methoxy groups -OCH3 is 1. The molecule has 0 saturated heterocycles. The van der Waals surface area contributed by atoms with Gasteiger partial charge in [0.15, 0.2) is 10.1 Å². The van der Waals surface area contributed by atoms with Crippen molar-refractivity contribution >= 4 is 20.0 Å². The van der Waals surface area contributed by atoms with Gasteiger partial charge in [-0.2, -0.15) is 10.2 Å². The fraction of sp³-hybridized carbons (Fsp3) is 0.250. The molecular formula is C16H22N6O5S2. The molecule has 0 fully saturated rings. The first-order valence-electron chi connectivity index (χ1n) is 8.15. The van der Waals surface area contributed by atoms with Crippen molar-refractivity contribution in [2.24, 2.45) is 10.3 Å². The summed E-state index contributed by atoms with van der Waals surface area (Å²) in [7, 11) is -5.78. The first-order chi connectivity index (χ1) is 13.4. The summed E-state index contributed by atoms with van der Waals surface area (Å²) in [6.07, 6.45) is 0. The molecule has 0 unspecified atom stereocenters. The van der Waals surface area contributed by atoms with Crippen molar-refractivity contribution < 1.29 is 21.6 Å². The van der Waals surface area contributed by atoms with Crippen LogP contribution in [0.2, 0.25) is 0 Å². The summed E-state index contributed by atoms with van der Waals surface area (Å²) in [4.78, 5) is 0. The normalized spacial score (nSPS) is 11.6. The number of hydrogen-bond acceptors (Lipinski definition) is 7. The van der Waals surface area contributed by atoms with E-state index >= 15 is 0 Å². The SMILES string of the molecule is COc1ccc(Cn2nc(S(N)(=O)=O)cc2C)cc1.Cc1cc(S(N)(=O)=O)n[nH]1. The van der Waals surface area contributed by atoms with Crippen LogP contribution in [0.4, 0.5) is 0 Å². The van der Waals surface area contributed by atoms with Crippen molar-refractivity contribution in [3.05, 3.63) is 53.3 Å². The van der Waals surface area contributed by atoms with Crippen LogP contribution in [-0.4, -0.2) is 43.9 Å². The van der Waals surface area contributed by atoms with Gasteiger partial charge in [-0.1, -0.05) is 12.1 Å². The van der Waals surface area contributed by atoms with Gasteiger partial charge in [0.1, 0.15) is 5.75 Å². The maximum absolute atomic E-state index is 11.2. The monoisotopic (exact) mass is 442 g/mol. The highest BCUT2D eigenvalue weighted by Crippen LogP contribution is 2.14. The highest BCUT2D eigenvalue weighted by atomic mass is 32.2. The molecular weight excluding hydrogens is 420 g/mol. The van der Waals surface area contributed by atoms with E-state index in [1.54, 1.807) is 25.6 Å². The lowest BCUT2D eigenvalue weighted by Gasteiger charge is -2.05. The molecule has 0 radical (unpaired) electrons. The molecule has 2 aromatic heterocycles. The fourth-order valence-corrected chi connectivity index (χ4v) is 3.28. The first-order valence-corrected chi connectivity index (χ1v) is 11.2. The van der Waals surface area contributed by atoms with Crippen LogP contribution in [0.5, 0.6) is 5.75 Å². The number of nitrogens with two attached hydrogens (primary N) is 2. The Hall–Kier alpha value is -2.74. The zero-order valence-electron chi connectivity index (χ0n) is 16.0. The summed E-state index contributed by atoms with van der Waals surface area (Å²) in [6, 6.07) is 10.3. The Morgan fingerprint density at radius 1 is 1.00 bits per heavy atom. The zero-order valence-corrected chi connectivity index (χ0v) is 17.7. The maximum Gasteiger partial charge on any atom is 0.257 e. The summed E-state index contributed by atoms with van der Waals surface area (Å²) in [6.45, 7) is 3.96. The quantitative estimate of drug-likeness (QED) is 0.507. The molecule has 11 nitrogen and oxygen atoms in total. The van der Waals surface area contributed by atoms with E-state index in [-0.39, 0.29) is 10.1 Å². The molecule has 0 spiro atoms. The molecule has 158 valence electrons. The second-order valence-corrected chi connectivity index (χ2v) is 9.13. The molecule has 5 N–H and O–H groups in total. The number of sulfonamides is 2. The molecule has 0 bridgehead atoms. The number of nitrogens with one attached hydrogen (secondary N) is 1. The lowest BCUT2D eigenvalue weighted by Crippen LogP contribution is -2.13. The lowest BCUT2D eigenvalue weighted by atomic mass is 10.2. The molecule has 0 amide bonds. The topological polar surface area (TPSA) is 176 Å². The fourth-order valence-electron chi connectivity index (χ4n) is 2.22. The van der Waals surface area contributed by atoms with Crippen LogP contribution in [-0.2, 0) is 26.6 Å². The van der Waals surface area contributed by atoms with Gasteiger partial charge in [-0.15, -0.1) is 0 Å². The Morgan fingerprint density at radius 3 is 1.97 bits per heavy atom. The van der Waals surface area contributed by atoms with Gasteiger partial charge in [0.05, 0.1) is 13.7 Å². The minimum atomic E-state index is -3.76. The Morgan fingerprint density at radius 2 is 1.59 bits per heavy atom. The summed E-state index contributed by atoms with van der Waals surface area (Å²) in [5.41, 5.74) is 2.40. The number of aryl methyl sites for hydroxylation is 2. The Bertz CT molecular complexity index is 1180. The van der Waals surface area contributed by atoms with E-state index in [1.807, 2.05) is 24.3 Å². The molecule has 3 aromatic rings. The lowest BCUT2D eigenvalue weighted by molar-refractivity contribution is 0.414. The molecule has 3 rings (SSSR count). The smallest absolute Gasteiger partial charge is 0.257 e. The Balaban J connectivity index is 0.000000253. The summed E-state index contributed by atoms with van der Waals surface area (Å²) < 4.78 is 50.2. The summed E-state index contributed by atoms with van der Waals surface area (Å²) in [5.74, 6) is 0.770. The van der Waals surface area contributed by atoms with Gasteiger partial charge in [-0.3, -0.25) is 9.78 Å². The number of aromatic amines is 1. The standard InChI is InChI=1S/C12H15N3O3S.C4H7N3O2S/c1-9-7-12(19(13,16)17)14-15(9)8-10-3-5-11(18-2)6-4-10;1-3-2-4(7-6-3)10(5,8)9/h3-7H,8H2,1-2H3,(H2,13,16,17);2H,1H3,(H,6,7)(H2,5,8,9). The van der Waals surface area contributed by atoms with Crippen LogP contribution in [0.1, 0.15) is 17.0 Å². The van der Waals surface area contributed by atoms with Crippen molar-refractivity contribution in [2.75, 3.05) is 7.11 Å². The minimum Gasteiger partial charge on any atom is -0.497 e. The van der Waals surface area contributed by atoms with Gasteiger partial charge in [0, 0.05) is 11.4 Å². The molecule has 2 heterocycles. The van der Waals surface area contributed by atoms with Crippen molar-refractivity contribution in [3.8, 4) is 5.75 Å². The predicted molar refractivity (Wildman–Crippen MR) is 105 cm³/mol. The van der Waals surface area contributed by atoms with E-state index in [4.69, 9.17) is 15.0 Å². The second kappa shape index (κ2) is 8.73. The highest BCUT2D eigenvalue weighted by Gasteiger charge is 2.14. The van der Waals surface area contributed by atoms with Gasteiger partial charge in [-0.05, 0) is 43.7 Å². The van der Waals surface area contributed by atoms with Gasteiger partial charge >= 0.3 is 0 Å². The molecule has 1 aromatic carbocycles. The molecule has 13 heteroatoms. The van der Waals surface area contributed by atoms with Crippen LogP contribution in [0.3, 0.4) is 0 Å². The molecule has 0 aliphatic rings. The molecule has 0 aliphatic carbocycles. The third-order valence-corrected chi connectivity index (χ3v) is 5.29. The first kappa shape index (κ1) is 22.5. The predicted octanol–water partition coefficient (Wildman–Crippen LogP) is 0.261. The van der Waals surface area contributed by atoms with E-state index in [1.165, 1.54) is 12.1 Å². The van der Waals surface area contributed by atoms with Crippen LogP contribution in [0.25, 0.3) is 0 Å². The van der Waals surface area contributed by atoms with Crippen molar-refractivity contribution in [2.45, 2.75) is 30.4 Å². The maximum atomic E-state index is 11.2. The van der Waals surface area contributed by atoms with Crippen molar-refractivity contribution in [1.29, 1.82) is 0 Å². The highest BCUT2D eigenvalue weighted by molar-refractivity contribution is 7.89. The van der Waals surface area contributed by atoms with Crippen molar-refractivity contribution in [3.63, 3.8) is 0 Å². The number of primary sulfonamides is 2. The Kier molecular flexibility index (Phi) is 6.79. The van der Waals surface area contributed by atoms with Gasteiger partial charge in [-0.25, -0.2) is 27.1 Å². The molecule has 0 atom stereocenters. The molecule has 0 aliphatic heterocycles. The molecule has 0 saturated carbocycles. The average Bonchev–Trinajstić information content (AvgIpc) is 3.22. The minimum absolute atomic E-state index is 0.112. The van der Waals surface area contributed by atoms with Gasteiger partial charge in [0.2, 0.25) is 0 Å². The second-order valence-electron chi connectivity index (χ2n) is 6.11. The number of nitrogens with zero attached hydrogens (tertiary/aromatic N) is 3. The third kappa shape index (κ3) is 6.39. The number of ether oxygens (including phenoxy) is 1. The largest absolute Gasteiger partial charge is 0.497 e. The summed E-state index contributed by atoms with van der Waals surface area (Å²) in [5, 5.41) is 19.5. The zero-order chi connectivity index (χ0) is 21.8. The van der Waals surface area contributed by atoms with Gasteiger partial charge < -0.3 is 4.74 Å². The number of aromatic nitrogens is 4. The summed E-state index contributed by atoms with van der Waals surface area (Å²) >= 11 is 0. The average molecular weight is 443 g/mol. The van der Waals surface area contributed by atoms with Crippen LogP contribution < -0.4 is 15.0 Å². The number of rotatable bonds is 5. The molecule has 29 heavy (non-hydrogen) atoms. The number of benzene rings is 1. The van der Waals surface area contributed by atoms with E-state index in [0.717, 1.165) is 17.0 Å². The third-order valence-electron chi connectivity index (χ3n) is 3.72. The number of H-pyrrole nitrogens is 1.